The highest BCUT2D eigenvalue weighted by Crippen LogP contribution is 2.33. The largest absolute Gasteiger partial charge is 0.256 e. The maximum absolute atomic E-state index is 4.42. The standard InChI is InChI=1S/C14H15N/c1-10-4-2-5-11-8-12-6-3-7-15-14(12)9-13(10)11/h3,6-10H,2,4-5H2,1H3. The Morgan fingerprint density at radius 2 is 2.27 bits per heavy atom. The zero-order valence-electron chi connectivity index (χ0n) is 9.03. The van der Waals surface area contributed by atoms with Crippen molar-refractivity contribution < 1.29 is 0 Å². The maximum Gasteiger partial charge on any atom is 0.0704 e. The molecular weight excluding hydrogens is 182 g/mol. The first-order valence-electron chi connectivity index (χ1n) is 5.72. The lowest BCUT2D eigenvalue weighted by molar-refractivity contribution is 0.591. The number of aryl methyl sites for hydroxylation is 1. The van der Waals surface area contributed by atoms with Crippen molar-refractivity contribution in [3.8, 4) is 0 Å². The van der Waals surface area contributed by atoms with Crippen LogP contribution in [0.15, 0.2) is 30.5 Å². The van der Waals surface area contributed by atoms with E-state index < -0.39 is 0 Å². The molecule has 1 atom stereocenters. The first kappa shape index (κ1) is 8.90. The van der Waals surface area contributed by atoms with E-state index in [1.807, 2.05) is 12.3 Å². The Kier molecular flexibility index (Phi) is 1.98. The van der Waals surface area contributed by atoms with E-state index in [9.17, 15) is 0 Å². The van der Waals surface area contributed by atoms with Crippen LogP contribution in [0.3, 0.4) is 0 Å². The Balaban J connectivity index is 2.27. The average molecular weight is 197 g/mol. The van der Waals surface area contributed by atoms with Crippen molar-refractivity contribution in [3.63, 3.8) is 0 Å². The van der Waals surface area contributed by atoms with Crippen LogP contribution in [0, 0.1) is 0 Å². The van der Waals surface area contributed by atoms with E-state index in [4.69, 9.17) is 0 Å². The third kappa shape index (κ3) is 1.43. The minimum Gasteiger partial charge on any atom is -0.256 e. The van der Waals surface area contributed by atoms with E-state index >= 15 is 0 Å². The average Bonchev–Trinajstić information content (AvgIpc) is 2.27. The van der Waals surface area contributed by atoms with Gasteiger partial charge in [-0.25, -0.2) is 0 Å². The number of rotatable bonds is 0. The predicted molar refractivity (Wildman–Crippen MR) is 63.1 cm³/mol. The molecule has 15 heavy (non-hydrogen) atoms. The van der Waals surface area contributed by atoms with E-state index in [1.165, 1.54) is 35.8 Å². The summed E-state index contributed by atoms with van der Waals surface area (Å²) in [6.07, 6.45) is 5.78. The number of aromatic nitrogens is 1. The van der Waals surface area contributed by atoms with Crippen LogP contribution in [0.2, 0.25) is 0 Å². The fourth-order valence-electron chi connectivity index (χ4n) is 2.61. The second-order valence-corrected chi connectivity index (χ2v) is 4.54. The molecule has 3 rings (SSSR count). The van der Waals surface area contributed by atoms with Gasteiger partial charge in [-0.05, 0) is 54.5 Å². The second kappa shape index (κ2) is 3.34. The van der Waals surface area contributed by atoms with E-state index in [-0.39, 0.29) is 0 Å². The van der Waals surface area contributed by atoms with Crippen molar-refractivity contribution in [1.82, 2.24) is 4.98 Å². The Morgan fingerprint density at radius 1 is 1.33 bits per heavy atom. The van der Waals surface area contributed by atoms with Crippen molar-refractivity contribution in [2.45, 2.75) is 32.1 Å². The molecule has 1 nitrogen and oxygen atoms in total. The summed E-state index contributed by atoms with van der Waals surface area (Å²) < 4.78 is 0. The summed E-state index contributed by atoms with van der Waals surface area (Å²) in [6, 6.07) is 8.78. The van der Waals surface area contributed by atoms with Gasteiger partial charge in [0.2, 0.25) is 0 Å². The summed E-state index contributed by atoms with van der Waals surface area (Å²) in [5.41, 5.74) is 4.20. The monoisotopic (exact) mass is 197 g/mol. The number of fused-ring (bicyclic) bond motifs is 2. The van der Waals surface area contributed by atoms with Crippen LogP contribution in [-0.2, 0) is 6.42 Å². The molecule has 1 aromatic heterocycles. The van der Waals surface area contributed by atoms with Gasteiger partial charge in [0.15, 0.2) is 0 Å². The van der Waals surface area contributed by atoms with E-state index in [2.05, 4.69) is 30.1 Å². The van der Waals surface area contributed by atoms with Crippen molar-refractivity contribution >= 4 is 10.9 Å². The molecule has 0 fully saturated rings. The number of hydrogen-bond acceptors (Lipinski definition) is 1. The Bertz CT molecular complexity index is 502. The fraction of sp³-hybridized carbons (Fsp3) is 0.357. The smallest absolute Gasteiger partial charge is 0.0704 e. The van der Waals surface area contributed by atoms with Gasteiger partial charge in [-0.15, -0.1) is 0 Å². The highest BCUT2D eigenvalue weighted by Gasteiger charge is 2.16. The van der Waals surface area contributed by atoms with Gasteiger partial charge in [0.05, 0.1) is 5.52 Å². The summed E-state index contributed by atoms with van der Waals surface area (Å²) in [5.74, 6) is 0.708. The molecule has 0 saturated heterocycles. The van der Waals surface area contributed by atoms with Gasteiger partial charge in [0.25, 0.3) is 0 Å². The van der Waals surface area contributed by atoms with Crippen LogP contribution >= 0.6 is 0 Å². The second-order valence-electron chi connectivity index (χ2n) is 4.54. The normalized spacial score (nSPS) is 20.2. The zero-order chi connectivity index (χ0) is 10.3. The molecule has 0 saturated carbocycles. The van der Waals surface area contributed by atoms with Gasteiger partial charge in [0.1, 0.15) is 0 Å². The first-order valence-corrected chi connectivity index (χ1v) is 5.72. The molecule has 1 aliphatic carbocycles. The van der Waals surface area contributed by atoms with Crippen molar-refractivity contribution in [1.29, 1.82) is 0 Å². The van der Waals surface area contributed by atoms with E-state index in [1.54, 1.807) is 0 Å². The maximum atomic E-state index is 4.42. The molecule has 2 aromatic rings. The molecule has 0 aliphatic heterocycles. The lowest BCUT2D eigenvalue weighted by Gasteiger charge is -2.22. The summed E-state index contributed by atoms with van der Waals surface area (Å²) in [6.45, 7) is 2.33. The molecule has 0 radical (unpaired) electrons. The molecule has 0 N–H and O–H groups in total. The van der Waals surface area contributed by atoms with Crippen LogP contribution in [-0.4, -0.2) is 4.98 Å². The molecule has 1 aromatic carbocycles. The molecule has 0 amide bonds. The number of pyridine rings is 1. The van der Waals surface area contributed by atoms with Crippen LogP contribution in [0.4, 0.5) is 0 Å². The molecule has 1 unspecified atom stereocenters. The molecule has 1 heteroatoms. The molecule has 76 valence electrons. The Labute approximate surface area is 90.2 Å². The molecular formula is C14H15N. The molecule has 0 spiro atoms. The fourth-order valence-corrected chi connectivity index (χ4v) is 2.61. The van der Waals surface area contributed by atoms with Gasteiger partial charge < -0.3 is 0 Å². The Hall–Kier alpha value is -1.37. The minimum absolute atomic E-state index is 0.708. The van der Waals surface area contributed by atoms with Crippen LogP contribution in [0.25, 0.3) is 10.9 Å². The lowest BCUT2D eigenvalue weighted by Crippen LogP contribution is -2.06. The number of nitrogens with zero attached hydrogens (tertiary/aromatic N) is 1. The van der Waals surface area contributed by atoms with Crippen LogP contribution < -0.4 is 0 Å². The summed E-state index contributed by atoms with van der Waals surface area (Å²) in [7, 11) is 0. The van der Waals surface area contributed by atoms with Gasteiger partial charge in [0, 0.05) is 11.6 Å². The SMILES string of the molecule is CC1CCCc2cc3cccnc3cc21. The summed E-state index contributed by atoms with van der Waals surface area (Å²) >= 11 is 0. The number of hydrogen-bond donors (Lipinski definition) is 0. The van der Waals surface area contributed by atoms with Crippen molar-refractivity contribution in [2.75, 3.05) is 0 Å². The van der Waals surface area contributed by atoms with Crippen molar-refractivity contribution in [3.05, 3.63) is 41.6 Å². The third-order valence-electron chi connectivity index (χ3n) is 3.48. The van der Waals surface area contributed by atoms with Gasteiger partial charge in [-0.2, -0.15) is 0 Å². The summed E-state index contributed by atoms with van der Waals surface area (Å²) in [5, 5.41) is 1.28. The topological polar surface area (TPSA) is 12.9 Å². The van der Waals surface area contributed by atoms with Gasteiger partial charge >= 0.3 is 0 Å². The zero-order valence-corrected chi connectivity index (χ0v) is 9.03. The van der Waals surface area contributed by atoms with Crippen LogP contribution in [0.5, 0.6) is 0 Å². The summed E-state index contributed by atoms with van der Waals surface area (Å²) in [4.78, 5) is 4.42. The van der Waals surface area contributed by atoms with Gasteiger partial charge in [-0.3, -0.25) is 4.98 Å². The third-order valence-corrected chi connectivity index (χ3v) is 3.48. The molecule has 0 bridgehead atoms. The van der Waals surface area contributed by atoms with Crippen molar-refractivity contribution in [2.24, 2.45) is 0 Å². The lowest BCUT2D eigenvalue weighted by atomic mass is 9.83. The highest BCUT2D eigenvalue weighted by atomic mass is 14.6. The minimum atomic E-state index is 0.708. The quantitative estimate of drug-likeness (QED) is 0.628. The highest BCUT2D eigenvalue weighted by molar-refractivity contribution is 5.80. The van der Waals surface area contributed by atoms with Gasteiger partial charge in [-0.1, -0.05) is 13.0 Å². The predicted octanol–water partition coefficient (Wildman–Crippen LogP) is 3.67. The number of benzene rings is 1. The van der Waals surface area contributed by atoms with E-state index in [0.717, 1.165) is 5.52 Å². The molecule has 1 heterocycles. The molecule has 1 aliphatic rings. The van der Waals surface area contributed by atoms with E-state index in [0.29, 0.717) is 5.92 Å². The first-order chi connectivity index (χ1) is 7.34. The van der Waals surface area contributed by atoms with Crippen LogP contribution in [0.1, 0.15) is 36.8 Å². The Morgan fingerprint density at radius 3 is 3.20 bits per heavy atom.